The second-order valence-corrected chi connectivity index (χ2v) is 8.09. The lowest BCUT2D eigenvalue weighted by atomic mass is 9.99. The molecule has 30 heavy (non-hydrogen) atoms. The molecule has 0 N–H and O–H groups in total. The highest BCUT2D eigenvalue weighted by Crippen LogP contribution is 2.31. The SMILES string of the molecule is CCC[C@@H](C)C(=O)OC[C@H](C)N1C(=O)c2cc3cc4ccccc4cc3cc2C1=O. The lowest BCUT2D eigenvalue weighted by Crippen LogP contribution is -2.41. The van der Waals surface area contributed by atoms with Crippen molar-refractivity contribution in [2.45, 2.75) is 39.7 Å². The third-order valence-corrected chi connectivity index (χ3v) is 5.77. The fourth-order valence-electron chi connectivity index (χ4n) is 4.07. The van der Waals surface area contributed by atoms with Gasteiger partial charge in [-0.25, -0.2) is 0 Å². The Labute approximate surface area is 175 Å². The van der Waals surface area contributed by atoms with Gasteiger partial charge >= 0.3 is 5.97 Å². The number of hydrogen-bond donors (Lipinski definition) is 0. The first-order valence-corrected chi connectivity index (χ1v) is 10.4. The molecule has 154 valence electrons. The average molecular weight is 403 g/mol. The van der Waals surface area contributed by atoms with Gasteiger partial charge in [0.05, 0.1) is 23.1 Å². The normalized spacial score (nSPS) is 15.5. The third-order valence-electron chi connectivity index (χ3n) is 5.77. The number of ether oxygens (including phenoxy) is 1. The van der Waals surface area contributed by atoms with Crippen molar-refractivity contribution in [2.75, 3.05) is 6.61 Å². The van der Waals surface area contributed by atoms with Gasteiger partial charge < -0.3 is 4.74 Å². The van der Waals surface area contributed by atoms with Crippen LogP contribution in [0.15, 0.2) is 48.5 Å². The van der Waals surface area contributed by atoms with E-state index in [9.17, 15) is 14.4 Å². The van der Waals surface area contributed by atoms with Crippen LogP contribution in [-0.2, 0) is 9.53 Å². The molecule has 3 aromatic rings. The molecule has 2 amide bonds. The van der Waals surface area contributed by atoms with E-state index in [1.165, 1.54) is 4.90 Å². The number of carbonyl (C=O) groups is 3. The van der Waals surface area contributed by atoms with Gasteiger partial charge in [-0.05, 0) is 59.2 Å². The first-order valence-electron chi connectivity index (χ1n) is 10.4. The number of hydrogen-bond acceptors (Lipinski definition) is 4. The maximum absolute atomic E-state index is 13.0. The summed E-state index contributed by atoms with van der Waals surface area (Å²) in [5, 5.41) is 4.01. The van der Waals surface area contributed by atoms with Gasteiger partial charge in [0.2, 0.25) is 0 Å². The zero-order valence-corrected chi connectivity index (χ0v) is 17.5. The van der Waals surface area contributed by atoms with E-state index in [1.807, 2.05) is 50.2 Å². The molecule has 5 heteroatoms. The van der Waals surface area contributed by atoms with Crippen LogP contribution in [0.3, 0.4) is 0 Å². The van der Waals surface area contributed by atoms with E-state index < -0.39 is 6.04 Å². The van der Waals surface area contributed by atoms with Gasteiger partial charge in [-0.3, -0.25) is 19.3 Å². The second-order valence-electron chi connectivity index (χ2n) is 8.09. The minimum Gasteiger partial charge on any atom is -0.463 e. The number of esters is 1. The van der Waals surface area contributed by atoms with Crippen LogP contribution in [0.2, 0.25) is 0 Å². The molecule has 1 heterocycles. The topological polar surface area (TPSA) is 63.7 Å². The van der Waals surface area contributed by atoms with Crippen LogP contribution in [0.4, 0.5) is 0 Å². The highest BCUT2D eigenvalue weighted by molar-refractivity contribution is 6.23. The molecule has 0 radical (unpaired) electrons. The number of amides is 2. The Kier molecular flexibility index (Phi) is 5.29. The molecule has 3 aromatic carbocycles. The molecule has 0 bridgehead atoms. The van der Waals surface area contributed by atoms with Crippen LogP contribution >= 0.6 is 0 Å². The number of benzene rings is 3. The fourth-order valence-corrected chi connectivity index (χ4v) is 4.07. The summed E-state index contributed by atoms with van der Waals surface area (Å²) in [6.45, 7) is 5.57. The monoisotopic (exact) mass is 403 g/mol. The Balaban J connectivity index is 1.60. The standard InChI is InChI=1S/C25H25NO4/c1-4-7-15(2)25(29)30-14-16(3)26-23(27)21-12-19-10-17-8-5-6-9-18(17)11-20(19)13-22(21)24(26)28/h5-6,8-13,15-16H,4,7,14H2,1-3H3/t15-,16+/m1/s1. The van der Waals surface area contributed by atoms with Gasteiger partial charge in [-0.1, -0.05) is 44.5 Å². The molecule has 5 nitrogen and oxygen atoms in total. The van der Waals surface area contributed by atoms with Crippen molar-refractivity contribution in [1.29, 1.82) is 0 Å². The zero-order valence-electron chi connectivity index (χ0n) is 17.5. The molecule has 0 unspecified atom stereocenters. The van der Waals surface area contributed by atoms with Crippen LogP contribution < -0.4 is 0 Å². The minimum atomic E-state index is -0.530. The molecule has 1 aliphatic heterocycles. The van der Waals surface area contributed by atoms with Crippen LogP contribution in [0, 0.1) is 5.92 Å². The maximum atomic E-state index is 13.0. The number of imide groups is 1. The van der Waals surface area contributed by atoms with Crippen molar-refractivity contribution in [2.24, 2.45) is 5.92 Å². The zero-order chi connectivity index (χ0) is 21.4. The summed E-state index contributed by atoms with van der Waals surface area (Å²) in [6.07, 6.45) is 1.65. The first-order chi connectivity index (χ1) is 14.4. The molecule has 0 aromatic heterocycles. The summed E-state index contributed by atoms with van der Waals surface area (Å²) in [7, 11) is 0. The van der Waals surface area contributed by atoms with E-state index in [0.717, 1.165) is 34.4 Å². The number of nitrogens with zero attached hydrogens (tertiary/aromatic N) is 1. The van der Waals surface area contributed by atoms with E-state index in [0.29, 0.717) is 11.1 Å². The van der Waals surface area contributed by atoms with Gasteiger partial charge in [0.25, 0.3) is 11.8 Å². The lowest BCUT2D eigenvalue weighted by molar-refractivity contribution is -0.149. The summed E-state index contributed by atoms with van der Waals surface area (Å²) in [5.41, 5.74) is 0.806. The summed E-state index contributed by atoms with van der Waals surface area (Å²) >= 11 is 0. The summed E-state index contributed by atoms with van der Waals surface area (Å²) < 4.78 is 5.37. The lowest BCUT2D eigenvalue weighted by Gasteiger charge is -2.22. The van der Waals surface area contributed by atoms with Crippen LogP contribution in [0.1, 0.15) is 54.3 Å². The molecular formula is C25H25NO4. The Morgan fingerprint density at radius 1 is 0.900 bits per heavy atom. The van der Waals surface area contributed by atoms with E-state index in [-0.39, 0.29) is 30.3 Å². The first kappa shape index (κ1) is 20.1. The van der Waals surface area contributed by atoms with Crippen molar-refractivity contribution in [3.63, 3.8) is 0 Å². The summed E-state index contributed by atoms with van der Waals surface area (Å²) in [5.74, 6) is -1.16. The van der Waals surface area contributed by atoms with E-state index >= 15 is 0 Å². The predicted molar refractivity (Wildman–Crippen MR) is 116 cm³/mol. The Morgan fingerprint density at radius 3 is 1.93 bits per heavy atom. The molecule has 2 atom stereocenters. The molecular weight excluding hydrogens is 378 g/mol. The predicted octanol–water partition coefficient (Wildman–Crippen LogP) is 4.96. The van der Waals surface area contributed by atoms with Gasteiger partial charge in [-0.15, -0.1) is 0 Å². The Hall–Kier alpha value is -3.21. The minimum absolute atomic E-state index is 0.00175. The van der Waals surface area contributed by atoms with Crippen molar-refractivity contribution < 1.29 is 19.1 Å². The molecule has 0 spiro atoms. The van der Waals surface area contributed by atoms with Crippen LogP contribution in [-0.4, -0.2) is 35.3 Å². The maximum Gasteiger partial charge on any atom is 0.308 e. The van der Waals surface area contributed by atoms with Gasteiger partial charge in [0.15, 0.2) is 0 Å². The van der Waals surface area contributed by atoms with E-state index in [4.69, 9.17) is 4.74 Å². The Morgan fingerprint density at radius 2 is 1.43 bits per heavy atom. The highest BCUT2D eigenvalue weighted by Gasteiger charge is 2.39. The molecule has 1 aliphatic rings. The Bertz CT molecular complexity index is 1090. The van der Waals surface area contributed by atoms with Crippen molar-refractivity contribution in [3.05, 3.63) is 59.7 Å². The molecule has 0 saturated carbocycles. The third kappa shape index (κ3) is 3.45. The number of fused-ring (bicyclic) bond motifs is 3. The van der Waals surface area contributed by atoms with Crippen molar-refractivity contribution >= 4 is 39.3 Å². The van der Waals surface area contributed by atoms with Crippen LogP contribution in [0.5, 0.6) is 0 Å². The smallest absolute Gasteiger partial charge is 0.308 e. The summed E-state index contributed by atoms with van der Waals surface area (Å²) in [6, 6.07) is 15.1. The van der Waals surface area contributed by atoms with Gasteiger partial charge in [-0.2, -0.15) is 0 Å². The molecule has 0 aliphatic carbocycles. The molecule has 0 fully saturated rings. The number of carbonyl (C=O) groups excluding carboxylic acids is 3. The van der Waals surface area contributed by atoms with E-state index in [2.05, 4.69) is 0 Å². The highest BCUT2D eigenvalue weighted by atomic mass is 16.5. The van der Waals surface area contributed by atoms with E-state index in [1.54, 1.807) is 19.1 Å². The largest absolute Gasteiger partial charge is 0.463 e. The van der Waals surface area contributed by atoms with Gasteiger partial charge in [0, 0.05) is 0 Å². The molecule has 0 saturated heterocycles. The number of rotatable bonds is 6. The summed E-state index contributed by atoms with van der Waals surface area (Å²) in [4.78, 5) is 39.3. The van der Waals surface area contributed by atoms with Crippen molar-refractivity contribution in [1.82, 2.24) is 4.90 Å². The van der Waals surface area contributed by atoms with Crippen LogP contribution in [0.25, 0.3) is 21.5 Å². The molecule has 4 rings (SSSR count). The second kappa shape index (κ2) is 7.90. The van der Waals surface area contributed by atoms with Crippen molar-refractivity contribution in [3.8, 4) is 0 Å². The average Bonchev–Trinajstić information content (AvgIpc) is 2.98. The fraction of sp³-hybridized carbons (Fsp3) is 0.320. The van der Waals surface area contributed by atoms with Gasteiger partial charge in [0.1, 0.15) is 6.61 Å². The quantitative estimate of drug-likeness (QED) is 0.332.